The van der Waals surface area contributed by atoms with Crippen molar-refractivity contribution in [3.05, 3.63) is 0 Å². The molecule has 0 amide bonds. The van der Waals surface area contributed by atoms with Gasteiger partial charge in [0.25, 0.3) is 0 Å². The number of carbonyl (C=O) groups is 4. The van der Waals surface area contributed by atoms with E-state index >= 15 is 0 Å². The van der Waals surface area contributed by atoms with E-state index in [4.69, 9.17) is 0 Å². The second-order valence-electron chi connectivity index (χ2n) is 3.37. The van der Waals surface area contributed by atoms with Crippen molar-refractivity contribution in [3.63, 3.8) is 0 Å². The predicted octanol–water partition coefficient (Wildman–Crippen LogP) is 4.04. The molecule has 0 rings (SSSR count). The van der Waals surface area contributed by atoms with Crippen molar-refractivity contribution >= 4 is 83.2 Å². The molecular formula is C10H10Br4F4O4. The third-order valence-electron chi connectivity index (χ3n) is 1.83. The zero-order chi connectivity index (χ0) is 18.7. The second-order valence-corrected chi connectivity index (χ2v) is 4.50. The minimum atomic E-state index is -3.85. The fourth-order valence-electron chi connectivity index (χ4n) is 0.571. The van der Waals surface area contributed by atoms with Gasteiger partial charge in [0.05, 0.1) is 10.7 Å². The van der Waals surface area contributed by atoms with Gasteiger partial charge in [-0.3, -0.25) is 19.2 Å². The first-order chi connectivity index (χ1) is 9.85. The van der Waals surface area contributed by atoms with Gasteiger partial charge in [-0.1, -0.05) is 31.9 Å². The molecule has 130 valence electrons. The molecule has 0 bridgehead atoms. The zero-order valence-corrected chi connectivity index (χ0v) is 17.4. The van der Waals surface area contributed by atoms with Crippen LogP contribution in [0.4, 0.5) is 17.6 Å². The van der Waals surface area contributed by atoms with E-state index in [-0.39, 0.29) is 0 Å². The summed E-state index contributed by atoms with van der Waals surface area (Å²) in [5, 5.41) is -1.03. The van der Waals surface area contributed by atoms with Gasteiger partial charge >= 0.3 is 11.8 Å². The molecule has 0 N–H and O–H groups in total. The number of rotatable bonds is 6. The minimum absolute atomic E-state index is 0.515. The van der Waals surface area contributed by atoms with Crippen LogP contribution >= 0.6 is 60.1 Å². The van der Waals surface area contributed by atoms with Crippen LogP contribution < -0.4 is 0 Å². The lowest BCUT2D eigenvalue weighted by Crippen LogP contribution is -2.39. The highest BCUT2D eigenvalue weighted by Crippen LogP contribution is 2.18. The summed E-state index contributed by atoms with van der Waals surface area (Å²) < 4.78 is 48.8. The molecule has 0 heterocycles. The van der Waals surface area contributed by atoms with E-state index in [9.17, 15) is 36.7 Å². The molecule has 4 nitrogen and oxygen atoms in total. The summed E-state index contributed by atoms with van der Waals surface area (Å²) in [5.74, 6) is -13.3. The van der Waals surface area contributed by atoms with Crippen LogP contribution in [0.1, 0.15) is 13.8 Å². The molecule has 0 aliphatic heterocycles. The molecule has 0 aliphatic carbocycles. The zero-order valence-electron chi connectivity index (χ0n) is 11.1. The summed E-state index contributed by atoms with van der Waals surface area (Å²) in [7, 11) is 0. The summed E-state index contributed by atoms with van der Waals surface area (Å²) in [6.07, 6.45) is 0. The van der Waals surface area contributed by atoms with Crippen molar-refractivity contribution in [2.45, 2.75) is 25.7 Å². The third-order valence-corrected chi connectivity index (χ3v) is 2.85. The summed E-state index contributed by atoms with van der Waals surface area (Å²) in [5.41, 5.74) is 0. The van der Waals surface area contributed by atoms with E-state index in [1.165, 1.54) is 0 Å². The first-order valence-electron chi connectivity index (χ1n) is 4.96. The molecule has 0 aliphatic rings. The molecular weight excluding hydrogens is 580 g/mol. The Balaban J connectivity index is -0.000000299. The number of halogens is 8. The lowest BCUT2D eigenvalue weighted by atomic mass is 10.2. The number of carbonyl (C=O) groups excluding carboxylic acids is 4. The van der Waals surface area contributed by atoms with Gasteiger partial charge in [0.15, 0.2) is 0 Å². The molecule has 0 aromatic rings. The van der Waals surface area contributed by atoms with E-state index < -0.39 is 45.6 Å². The quantitative estimate of drug-likeness (QED) is 0.267. The van der Waals surface area contributed by atoms with Gasteiger partial charge in [-0.2, -0.15) is 17.6 Å². The van der Waals surface area contributed by atoms with Gasteiger partial charge < -0.3 is 0 Å². The molecule has 0 radical (unpaired) electrons. The standard InChI is InChI=1S/C5H4Br2F2O2.C5H6F2O2.Br2/c6-1-3(10)5(8,9)4(11)2-7;1-3(8)5(6,7)4(2)9;1-2/h1-2H2;1-2H3;. The maximum Gasteiger partial charge on any atom is 0.364 e. The van der Waals surface area contributed by atoms with Crippen LogP contribution in [0.15, 0.2) is 0 Å². The average Bonchev–Trinajstić information content (AvgIpc) is 2.47. The Morgan fingerprint density at radius 3 is 1.05 bits per heavy atom. The number of Topliss-reactive ketones (excluding diaryl/α,β-unsaturated/α-hetero) is 4. The number of ketones is 4. The Morgan fingerprint density at radius 2 is 0.955 bits per heavy atom. The Kier molecular flexibility index (Phi) is 15.7. The van der Waals surface area contributed by atoms with E-state index in [0.717, 1.165) is 0 Å². The average molecular weight is 590 g/mol. The van der Waals surface area contributed by atoms with Gasteiger partial charge in [-0.25, -0.2) is 0 Å². The van der Waals surface area contributed by atoms with Gasteiger partial charge in [-0.15, -0.1) is 0 Å². The molecule has 12 heteroatoms. The minimum Gasteiger partial charge on any atom is -0.293 e. The first kappa shape index (κ1) is 27.2. The van der Waals surface area contributed by atoms with Gasteiger partial charge in [-0.05, 0) is 0 Å². The van der Waals surface area contributed by atoms with Crippen LogP contribution in [-0.2, 0) is 19.2 Å². The molecule has 22 heavy (non-hydrogen) atoms. The summed E-state index contributed by atoms with van der Waals surface area (Å²) in [4.78, 5) is 40.7. The lowest BCUT2D eigenvalue weighted by molar-refractivity contribution is -0.154. The highest BCUT2D eigenvalue weighted by Gasteiger charge is 2.44. The maximum atomic E-state index is 12.5. The van der Waals surface area contributed by atoms with E-state index in [0.29, 0.717) is 13.8 Å². The highest BCUT2D eigenvalue weighted by molar-refractivity contribution is 9.93. The fourth-order valence-corrected chi connectivity index (χ4v) is 1.28. The van der Waals surface area contributed by atoms with Crippen LogP contribution in [0.3, 0.4) is 0 Å². The van der Waals surface area contributed by atoms with Crippen molar-refractivity contribution < 1.29 is 36.7 Å². The van der Waals surface area contributed by atoms with Crippen LogP contribution in [0, 0.1) is 0 Å². The summed E-state index contributed by atoms with van der Waals surface area (Å²) >= 11 is 10.6. The SMILES string of the molecule is BrBr.CC(=O)C(F)(F)C(C)=O.O=C(CBr)C(F)(F)C(=O)CBr. The highest BCUT2D eigenvalue weighted by atomic mass is 80.9. The normalized spacial score (nSPS) is 10.5. The predicted molar refractivity (Wildman–Crippen MR) is 86.7 cm³/mol. The Morgan fingerprint density at radius 1 is 0.727 bits per heavy atom. The fraction of sp³-hybridized carbons (Fsp3) is 0.600. The van der Waals surface area contributed by atoms with Gasteiger partial charge in [0, 0.05) is 42.1 Å². The molecule has 0 aromatic carbocycles. The number of hydrogen-bond acceptors (Lipinski definition) is 4. The largest absolute Gasteiger partial charge is 0.364 e. The van der Waals surface area contributed by atoms with Crippen molar-refractivity contribution in [2.75, 3.05) is 10.7 Å². The molecule has 0 atom stereocenters. The molecule has 0 saturated heterocycles. The van der Waals surface area contributed by atoms with Gasteiger partial charge in [0.1, 0.15) is 0 Å². The molecule has 0 unspecified atom stereocenters. The molecule has 0 aromatic heterocycles. The van der Waals surface area contributed by atoms with Crippen molar-refractivity contribution in [3.8, 4) is 0 Å². The van der Waals surface area contributed by atoms with Gasteiger partial charge in [0.2, 0.25) is 23.1 Å². The topological polar surface area (TPSA) is 68.3 Å². The number of hydrogen-bond donors (Lipinski definition) is 0. The van der Waals surface area contributed by atoms with E-state index in [2.05, 4.69) is 60.1 Å². The maximum absolute atomic E-state index is 12.5. The smallest absolute Gasteiger partial charge is 0.293 e. The molecule has 0 saturated carbocycles. The third kappa shape index (κ3) is 9.46. The Labute approximate surface area is 155 Å². The monoisotopic (exact) mass is 586 g/mol. The van der Waals surface area contributed by atoms with E-state index in [1.807, 2.05) is 0 Å². The first-order valence-corrected chi connectivity index (χ1v) is 10.9. The Bertz CT molecular complexity index is 382. The van der Waals surface area contributed by atoms with Crippen molar-refractivity contribution in [1.29, 1.82) is 0 Å². The summed E-state index contributed by atoms with van der Waals surface area (Å²) in [6, 6.07) is 0. The Hall–Kier alpha value is 0.320. The van der Waals surface area contributed by atoms with Crippen molar-refractivity contribution in [2.24, 2.45) is 0 Å². The van der Waals surface area contributed by atoms with Crippen LogP contribution in [0.2, 0.25) is 0 Å². The van der Waals surface area contributed by atoms with E-state index in [1.54, 1.807) is 0 Å². The molecule has 0 fully saturated rings. The summed E-state index contributed by atoms with van der Waals surface area (Å²) in [6.45, 7) is 1.36. The lowest BCUT2D eigenvalue weighted by Gasteiger charge is -2.09. The van der Waals surface area contributed by atoms with Crippen LogP contribution in [0.25, 0.3) is 0 Å². The molecule has 0 spiro atoms. The number of alkyl halides is 6. The van der Waals surface area contributed by atoms with Crippen LogP contribution in [0.5, 0.6) is 0 Å². The van der Waals surface area contributed by atoms with Crippen molar-refractivity contribution in [1.82, 2.24) is 0 Å². The van der Waals surface area contributed by atoms with Crippen LogP contribution in [-0.4, -0.2) is 45.6 Å². The second kappa shape index (κ2) is 12.7.